The Balaban J connectivity index is 1.49. The predicted octanol–water partition coefficient (Wildman–Crippen LogP) is 4.23. The topological polar surface area (TPSA) is 70.3 Å². The third-order valence-electron chi connectivity index (χ3n) is 5.07. The fourth-order valence-corrected chi connectivity index (χ4v) is 3.59. The van der Waals surface area contributed by atoms with Gasteiger partial charge in [0.25, 0.3) is 0 Å². The second-order valence-corrected chi connectivity index (χ2v) is 7.38. The molecular formula is C21H22ClFN6. The molecule has 1 aromatic heterocycles. The van der Waals surface area contributed by atoms with Gasteiger partial charge in [-0.2, -0.15) is 0 Å². The number of benzene rings is 2. The van der Waals surface area contributed by atoms with Crippen molar-refractivity contribution in [1.29, 1.82) is 0 Å². The molecule has 1 fully saturated rings. The lowest BCUT2D eigenvalue weighted by Gasteiger charge is -2.37. The maximum absolute atomic E-state index is 14.1. The molecule has 0 radical (unpaired) electrons. The van der Waals surface area contributed by atoms with Crippen molar-refractivity contribution < 1.29 is 4.39 Å². The minimum absolute atomic E-state index is 0.203. The van der Waals surface area contributed by atoms with Gasteiger partial charge in [0.1, 0.15) is 17.8 Å². The Morgan fingerprint density at radius 2 is 1.76 bits per heavy atom. The average molecular weight is 413 g/mol. The molecular weight excluding hydrogens is 391 g/mol. The van der Waals surface area contributed by atoms with Crippen LogP contribution in [0.3, 0.4) is 0 Å². The molecule has 29 heavy (non-hydrogen) atoms. The van der Waals surface area contributed by atoms with E-state index in [-0.39, 0.29) is 5.82 Å². The zero-order valence-electron chi connectivity index (χ0n) is 16.1. The number of halogens is 2. The number of anilines is 5. The maximum Gasteiger partial charge on any atom is 0.159 e. The van der Waals surface area contributed by atoms with Crippen molar-refractivity contribution in [3.05, 3.63) is 65.2 Å². The molecule has 3 N–H and O–H groups in total. The van der Waals surface area contributed by atoms with Gasteiger partial charge in [0, 0.05) is 36.9 Å². The van der Waals surface area contributed by atoms with Crippen molar-refractivity contribution in [1.82, 2.24) is 9.97 Å². The van der Waals surface area contributed by atoms with Gasteiger partial charge in [0.05, 0.1) is 5.69 Å². The van der Waals surface area contributed by atoms with Gasteiger partial charge in [0.15, 0.2) is 11.6 Å². The van der Waals surface area contributed by atoms with Gasteiger partial charge in [-0.15, -0.1) is 0 Å². The minimum atomic E-state index is -0.203. The summed E-state index contributed by atoms with van der Waals surface area (Å²) in [5.74, 6) is 1.01. The molecule has 150 valence electrons. The van der Waals surface area contributed by atoms with Crippen LogP contribution in [-0.4, -0.2) is 36.1 Å². The smallest absolute Gasteiger partial charge is 0.159 e. The number of nitrogens with zero attached hydrogens (tertiary/aromatic N) is 4. The van der Waals surface area contributed by atoms with Crippen molar-refractivity contribution in [3.8, 4) is 0 Å². The van der Waals surface area contributed by atoms with E-state index in [2.05, 4.69) is 20.2 Å². The highest BCUT2D eigenvalue weighted by atomic mass is 35.5. The van der Waals surface area contributed by atoms with Crippen LogP contribution < -0.4 is 20.9 Å². The van der Waals surface area contributed by atoms with E-state index in [1.807, 2.05) is 36.1 Å². The summed E-state index contributed by atoms with van der Waals surface area (Å²) in [4.78, 5) is 12.8. The molecule has 4 rings (SSSR count). The van der Waals surface area contributed by atoms with E-state index in [0.29, 0.717) is 54.2 Å². The van der Waals surface area contributed by atoms with Crippen LogP contribution >= 0.6 is 11.6 Å². The van der Waals surface area contributed by atoms with Crippen LogP contribution in [0.15, 0.2) is 48.8 Å². The number of para-hydroxylation sites is 1. The number of nitrogen functional groups attached to an aromatic ring is 1. The van der Waals surface area contributed by atoms with Crippen LogP contribution in [0.25, 0.3) is 0 Å². The summed E-state index contributed by atoms with van der Waals surface area (Å²) in [6, 6.07) is 12.5. The molecule has 1 aliphatic heterocycles. The van der Waals surface area contributed by atoms with Crippen molar-refractivity contribution >= 4 is 40.3 Å². The van der Waals surface area contributed by atoms with Crippen LogP contribution in [0.5, 0.6) is 0 Å². The third-order valence-corrected chi connectivity index (χ3v) is 5.48. The van der Waals surface area contributed by atoms with E-state index in [1.165, 1.54) is 12.4 Å². The number of rotatable bonds is 4. The lowest BCUT2D eigenvalue weighted by Crippen LogP contribution is -2.47. The molecule has 0 unspecified atom stereocenters. The first kappa shape index (κ1) is 19.3. The van der Waals surface area contributed by atoms with E-state index in [4.69, 9.17) is 17.3 Å². The molecule has 0 spiro atoms. The van der Waals surface area contributed by atoms with Gasteiger partial charge in [-0.05, 0) is 36.8 Å². The summed E-state index contributed by atoms with van der Waals surface area (Å²) in [5.41, 5.74) is 9.27. The van der Waals surface area contributed by atoms with Crippen LogP contribution in [0.4, 0.5) is 33.1 Å². The lowest BCUT2D eigenvalue weighted by atomic mass is 10.2. The van der Waals surface area contributed by atoms with Crippen molar-refractivity contribution in [2.24, 2.45) is 0 Å². The molecule has 6 nitrogen and oxygen atoms in total. The van der Waals surface area contributed by atoms with E-state index in [0.717, 1.165) is 11.3 Å². The summed E-state index contributed by atoms with van der Waals surface area (Å²) in [5, 5.41) is 3.89. The minimum Gasteiger partial charge on any atom is -0.393 e. The number of nitrogens with one attached hydrogen (secondary N) is 1. The molecule has 3 aromatic rings. The van der Waals surface area contributed by atoms with E-state index < -0.39 is 0 Å². The second kappa shape index (κ2) is 8.13. The quantitative estimate of drug-likeness (QED) is 0.668. The zero-order valence-corrected chi connectivity index (χ0v) is 16.8. The molecule has 1 saturated heterocycles. The number of aryl methyl sites for hydroxylation is 1. The molecule has 2 heterocycles. The normalized spacial score (nSPS) is 14.2. The van der Waals surface area contributed by atoms with E-state index in [1.54, 1.807) is 12.1 Å². The average Bonchev–Trinajstić information content (AvgIpc) is 2.73. The summed E-state index contributed by atoms with van der Waals surface area (Å²) in [7, 11) is 0. The second-order valence-electron chi connectivity index (χ2n) is 6.97. The zero-order chi connectivity index (χ0) is 20.4. The Morgan fingerprint density at radius 3 is 2.48 bits per heavy atom. The SMILES string of the molecule is Cc1ccc(Nc2ncnc(N3CCN(c4ccccc4F)CC3)c2N)cc1Cl. The van der Waals surface area contributed by atoms with Gasteiger partial charge in [-0.3, -0.25) is 0 Å². The fraction of sp³-hybridized carbons (Fsp3) is 0.238. The highest BCUT2D eigenvalue weighted by molar-refractivity contribution is 6.31. The van der Waals surface area contributed by atoms with Crippen LogP contribution in [0.1, 0.15) is 5.56 Å². The monoisotopic (exact) mass is 412 g/mol. The summed E-state index contributed by atoms with van der Waals surface area (Å²) >= 11 is 6.20. The van der Waals surface area contributed by atoms with E-state index >= 15 is 0 Å². The largest absolute Gasteiger partial charge is 0.393 e. The van der Waals surface area contributed by atoms with Gasteiger partial charge >= 0.3 is 0 Å². The number of hydrogen-bond donors (Lipinski definition) is 2. The van der Waals surface area contributed by atoms with Crippen LogP contribution in [0, 0.1) is 12.7 Å². The number of hydrogen-bond acceptors (Lipinski definition) is 6. The lowest BCUT2D eigenvalue weighted by molar-refractivity contribution is 0.596. The highest BCUT2D eigenvalue weighted by Crippen LogP contribution is 2.31. The Bertz CT molecular complexity index is 1020. The number of piperazine rings is 1. The Labute approximate surface area is 174 Å². The van der Waals surface area contributed by atoms with E-state index in [9.17, 15) is 4.39 Å². The van der Waals surface area contributed by atoms with Crippen molar-refractivity contribution in [2.45, 2.75) is 6.92 Å². The maximum atomic E-state index is 14.1. The molecule has 0 amide bonds. The third kappa shape index (κ3) is 4.05. The summed E-state index contributed by atoms with van der Waals surface area (Å²) < 4.78 is 14.1. The Hall–Kier alpha value is -3.06. The standard InChI is InChI=1S/C21H22ClFN6/c1-14-6-7-15(12-16(14)22)27-20-19(24)21(26-13-25-20)29-10-8-28(9-11-29)18-5-3-2-4-17(18)23/h2-7,12-13H,8-11,24H2,1H3,(H,25,26,27). The van der Waals surface area contributed by atoms with Crippen molar-refractivity contribution in [3.63, 3.8) is 0 Å². The van der Waals surface area contributed by atoms with Gasteiger partial charge in [0.2, 0.25) is 0 Å². The van der Waals surface area contributed by atoms with Crippen molar-refractivity contribution in [2.75, 3.05) is 47.0 Å². The van der Waals surface area contributed by atoms with Crippen LogP contribution in [0.2, 0.25) is 5.02 Å². The number of nitrogens with two attached hydrogens (primary N) is 1. The fourth-order valence-electron chi connectivity index (χ4n) is 3.41. The summed E-state index contributed by atoms with van der Waals surface area (Å²) in [6.45, 7) is 4.68. The number of aromatic nitrogens is 2. The van der Waals surface area contributed by atoms with Crippen LogP contribution in [-0.2, 0) is 0 Å². The van der Waals surface area contributed by atoms with Gasteiger partial charge < -0.3 is 20.9 Å². The molecule has 2 aromatic carbocycles. The molecule has 0 saturated carbocycles. The Kier molecular flexibility index (Phi) is 5.40. The molecule has 1 aliphatic rings. The van der Waals surface area contributed by atoms with Gasteiger partial charge in [-0.1, -0.05) is 29.8 Å². The molecule has 0 aliphatic carbocycles. The molecule has 0 atom stereocenters. The Morgan fingerprint density at radius 1 is 1.03 bits per heavy atom. The first-order valence-corrected chi connectivity index (χ1v) is 9.79. The summed E-state index contributed by atoms with van der Waals surface area (Å²) in [6.07, 6.45) is 1.49. The predicted molar refractivity (Wildman–Crippen MR) is 117 cm³/mol. The highest BCUT2D eigenvalue weighted by Gasteiger charge is 2.22. The first-order valence-electron chi connectivity index (χ1n) is 9.41. The first-order chi connectivity index (χ1) is 14.0. The molecule has 0 bridgehead atoms. The molecule has 8 heteroatoms. The van der Waals surface area contributed by atoms with Gasteiger partial charge in [-0.25, -0.2) is 14.4 Å².